The number of ether oxygens (including phenoxy) is 1. The summed E-state index contributed by atoms with van der Waals surface area (Å²) in [6.45, 7) is 6.42. The monoisotopic (exact) mass is 334 g/mol. The molecule has 0 saturated carbocycles. The van der Waals surface area contributed by atoms with Crippen molar-refractivity contribution >= 4 is 11.9 Å². The van der Waals surface area contributed by atoms with Crippen molar-refractivity contribution in [1.29, 1.82) is 0 Å². The third kappa shape index (κ3) is 6.73. The van der Waals surface area contributed by atoms with Crippen LogP contribution in [0.25, 0.3) is 0 Å². The van der Waals surface area contributed by atoms with Gasteiger partial charge in [0.1, 0.15) is 6.10 Å². The first-order chi connectivity index (χ1) is 11.5. The SMILES string of the molecule is CCCCCCC(OC(=O)c1cccc(C(=O)O)c1)C(C)CCC. The number of unbranched alkanes of at least 4 members (excludes halogenated alkanes) is 3. The van der Waals surface area contributed by atoms with E-state index < -0.39 is 11.9 Å². The van der Waals surface area contributed by atoms with Gasteiger partial charge in [-0.2, -0.15) is 0 Å². The molecule has 0 aromatic heterocycles. The van der Waals surface area contributed by atoms with E-state index in [0.717, 1.165) is 32.1 Å². The molecule has 0 amide bonds. The fraction of sp³-hybridized carbons (Fsp3) is 0.600. The average Bonchev–Trinajstić information content (AvgIpc) is 2.57. The molecule has 0 spiro atoms. The fourth-order valence-electron chi connectivity index (χ4n) is 2.86. The highest BCUT2D eigenvalue weighted by molar-refractivity contribution is 5.94. The Morgan fingerprint density at radius 1 is 1.04 bits per heavy atom. The molecule has 1 aromatic rings. The summed E-state index contributed by atoms with van der Waals surface area (Å²) in [5.41, 5.74) is 0.405. The third-order valence-electron chi connectivity index (χ3n) is 4.32. The van der Waals surface area contributed by atoms with E-state index in [4.69, 9.17) is 9.84 Å². The molecule has 1 aromatic carbocycles. The lowest BCUT2D eigenvalue weighted by atomic mass is 9.94. The molecule has 4 heteroatoms. The maximum atomic E-state index is 12.4. The van der Waals surface area contributed by atoms with E-state index in [1.807, 2.05) is 0 Å². The lowest BCUT2D eigenvalue weighted by molar-refractivity contribution is 0.0114. The number of esters is 1. The van der Waals surface area contributed by atoms with Crippen LogP contribution in [0.1, 0.15) is 86.4 Å². The van der Waals surface area contributed by atoms with Crippen LogP contribution in [0.15, 0.2) is 24.3 Å². The molecule has 4 nitrogen and oxygen atoms in total. The van der Waals surface area contributed by atoms with Crippen LogP contribution in [0.2, 0.25) is 0 Å². The maximum absolute atomic E-state index is 12.4. The molecular formula is C20H30O4. The zero-order chi connectivity index (χ0) is 17.9. The van der Waals surface area contributed by atoms with Gasteiger partial charge < -0.3 is 9.84 Å². The van der Waals surface area contributed by atoms with Crippen molar-refractivity contribution in [3.05, 3.63) is 35.4 Å². The van der Waals surface area contributed by atoms with Crippen molar-refractivity contribution < 1.29 is 19.4 Å². The number of benzene rings is 1. The minimum atomic E-state index is -1.04. The minimum Gasteiger partial charge on any atom is -0.478 e. The van der Waals surface area contributed by atoms with Gasteiger partial charge in [0.15, 0.2) is 0 Å². The lowest BCUT2D eigenvalue weighted by Gasteiger charge is -2.24. The van der Waals surface area contributed by atoms with Gasteiger partial charge in [0.2, 0.25) is 0 Å². The molecule has 0 aliphatic carbocycles. The summed E-state index contributed by atoms with van der Waals surface area (Å²) in [5.74, 6) is -1.16. The average molecular weight is 334 g/mol. The van der Waals surface area contributed by atoms with E-state index in [1.54, 1.807) is 12.1 Å². The standard InChI is InChI=1S/C20H30O4/c1-4-6-7-8-13-18(15(3)10-5-2)24-20(23)17-12-9-11-16(14-17)19(21)22/h9,11-12,14-15,18H,4-8,10,13H2,1-3H3,(H,21,22). The number of carbonyl (C=O) groups is 2. The number of aromatic carboxylic acids is 1. The van der Waals surface area contributed by atoms with Gasteiger partial charge in [-0.1, -0.05) is 52.5 Å². The molecule has 134 valence electrons. The Labute approximate surface area is 145 Å². The summed E-state index contributed by atoms with van der Waals surface area (Å²) < 4.78 is 5.73. The molecule has 1 N–H and O–H groups in total. The van der Waals surface area contributed by atoms with Crippen LogP contribution in [0, 0.1) is 5.92 Å². The quantitative estimate of drug-likeness (QED) is 0.439. The molecule has 0 aliphatic rings. The molecule has 2 unspecified atom stereocenters. The maximum Gasteiger partial charge on any atom is 0.338 e. The highest BCUT2D eigenvalue weighted by Crippen LogP contribution is 2.22. The number of carboxylic acids is 1. The predicted octanol–water partition coefficient (Wildman–Crippen LogP) is 5.32. The molecule has 0 heterocycles. The Kier molecular flexibility index (Phi) is 9.13. The number of hydrogen-bond acceptors (Lipinski definition) is 3. The van der Waals surface area contributed by atoms with Gasteiger partial charge in [-0.05, 0) is 43.4 Å². The molecule has 0 radical (unpaired) electrons. The Bertz CT molecular complexity index is 524. The summed E-state index contributed by atoms with van der Waals surface area (Å²) in [6.07, 6.45) is 7.40. The van der Waals surface area contributed by atoms with Crippen molar-refractivity contribution in [2.75, 3.05) is 0 Å². The summed E-state index contributed by atoms with van der Waals surface area (Å²) >= 11 is 0. The molecule has 0 fully saturated rings. The molecule has 24 heavy (non-hydrogen) atoms. The van der Waals surface area contributed by atoms with Gasteiger partial charge in [0.05, 0.1) is 11.1 Å². The van der Waals surface area contributed by atoms with E-state index in [9.17, 15) is 9.59 Å². The summed E-state index contributed by atoms with van der Waals surface area (Å²) in [4.78, 5) is 23.5. The van der Waals surface area contributed by atoms with Gasteiger partial charge >= 0.3 is 11.9 Å². The molecule has 0 bridgehead atoms. The minimum absolute atomic E-state index is 0.102. The highest BCUT2D eigenvalue weighted by Gasteiger charge is 2.22. The third-order valence-corrected chi connectivity index (χ3v) is 4.32. The normalized spacial score (nSPS) is 13.3. The van der Waals surface area contributed by atoms with E-state index in [2.05, 4.69) is 20.8 Å². The van der Waals surface area contributed by atoms with Gasteiger partial charge in [-0.3, -0.25) is 0 Å². The van der Waals surface area contributed by atoms with Crippen LogP contribution in [-0.2, 0) is 4.74 Å². The van der Waals surface area contributed by atoms with Gasteiger partial charge in [0.25, 0.3) is 0 Å². The second-order valence-corrected chi connectivity index (χ2v) is 6.45. The zero-order valence-electron chi connectivity index (χ0n) is 15.1. The van der Waals surface area contributed by atoms with E-state index in [0.29, 0.717) is 11.5 Å². The van der Waals surface area contributed by atoms with Crippen molar-refractivity contribution in [1.82, 2.24) is 0 Å². The van der Waals surface area contributed by atoms with Gasteiger partial charge in [0, 0.05) is 0 Å². The van der Waals surface area contributed by atoms with Crippen LogP contribution < -0.4 is 0 Å². The largest absolute Gasteiger partial charge is 0.478 e. The molecule has 0 saturated heterocycles. The molecule has 0 aliphatic heterocycles. The Morgan fingerprint density at radius 2 is 1.75 bits per heavy atom. The number of carbonyl (C=O) groups excluding carboxylic acids is 1. The van der Waals surface area contributed by atoms with Crippen molar-refractivity contribution in [3.8, 4) is 0 Å². The van der Waals surface area contributed by atoms with Crippen molar-refractivity contribution in [3.63, 3.8) is 0 Å². The summed E-state index contributed by atoms with van der Waals surface area (Å²) in [6, 6.07) is 6.03. The second kappa shape index (κ2) is 10.8. The zero-order valence-corrected chi connectivity index (χ0v) is 15.1. The number of hydrogen-bond donors (Lipinski definition) is 1. The molecular weight excluding hydrogens is 304 g/mol. The number of carboxylic acid groups (broad SMARTS) is 1. The van der Waals surface area contributed by atoms with Crippen molar-refractivity contribution in [2.24, 2.45) is 5.92 Å². The fourth-order valence-corrected chi connectivity index (χ4v) is 2.86. The molecule has 2 atom stereocenters. The first kappa shape index (κ1) is 20.2. The first-order valence-corrected chi connectivity index (χ1v) is 9.03. The molecule has 1 rings (SSSR count). The van der Waals surface area contributed by atoms with Crippen LogP contribution >= 0.6 is 0 Å². The predicted molar refractivity (Wildman–Crippen MR) is 95.4 cm³/mol. The van der Waals surface area contributed by atoms with Crippen LogP contribution in [0.4, 0.5) is 0 Å². The Morgan fingerprint density at radius 3 is 2.38 bits per heavy atom. The summed E-state index contributed by atoms with van der Waals surface area (Å²) in [7, 11) is 0. The first-order valence-electron chi connectivity index (χ1n) is 9.03. The summed E-state index contributed by atoms with van der Waals surface area (Å²) in [5, 5.41) is 9.05. The van der Waals surface area contributed by atoms with Gasteiger partial charge in [-0.25, -0.2) is 9.59 Å². The highest BCUT2D eigenvalue weighted by atomic mass is 16.5. The van der Waals surface area contributed by atoms with E-state index >= 15 is 0 Å². The Hall–Kier alpha value is -1.84. The Balaban J connectivity index is 2.74. The second-order valence-electron chi connectivity index (χ2n) is 6.45. The van der Waals surface area contributed by atoms with Crippen LogP contribution in [-0.4, -0.2) is 23.1 Å². The topological polar surface area (TPSA) is 63.6 Å². The van der Waals surface area contributed by atoms with Crippen molar-refractivity contribution in [2.45, 2.75) is 71.8 Å². The van der Waals surface area contributed by atoms with E-state index in [-0.39, 0.29) is 11.7 Å². The lowest BCUT2D eigenvalue weighted by Crippen LogP contribution is -2.25. The van der Waals surface area contributed by atoms with Crippen LogP contribution in [0.3, 0.4) is 0 Å². The van der Waals surface area contributed by atoms with E-state index in [1.165, 1.54) is 25.0 Å². The van der Waals surface area contributed by atoms with Gasteiger partial charge in [-0.15, -0.1) is 0 Å². The smallest absolute Gasteiger partial charge is 0.338 e. The van der Waals surface area contributed by atoms with Crippen LogP contribution in [0.5, 0.6) is 0 Å². The number of rotatable bonds is 11.